The molecule has 190 valence electrons. The van der Waals surface area contributed by atoms with Gasteiger partial charge in [-0.3, -0.25) is 9.59 Å². The molecule has 12 heteroatoms. The van der Waals surface area contributed by atoms with E-state index in [4.69, 9.17) is 0 Å². The van der Waals surface area contributed by atoms with E-state index < -0.39 is 29.6 Å². The maximum atomic E-state index is 13.9. The number of carboxylic acids is 1. The Morgan fingerprint density at radius 1 is 1.08 bits per heavy atom. The van der Waals surface area contributed by atoms with Gasteiger partial charge in [-0.05, 0) is 49.8 Å². The smallest absolute Gasteiger partial charge is 0.328 e. The maximum absolute atomic E-state index is 13.9. The number of carbonyl (C=O) groups excluding carboxylic acids is 2. The molecule has 10 nitrogen and oxygen atoms in total. The zero-order valence-corrected chi connectivity index (χ0v) is 20.5. The molecule has 2 amide bonds. The molecule has 2 heterocycles. The molecule has 0 bridgehead atoms. The molecule has 0 aliphatic rings. The van der Waals surface area contributed by atoms with Gasteiger partial charge in [-0.1, -0.05) is 18.2 Å². The zero-order valence-electron chi connectivity index (χ0n) is 19.7. The molecule has 0 saturated carbocycles. The molecule has 5 N–H and O–H groups in total. The summed E-state index contributed by atoms with van der Waals surface area (Å²) in [4.78, 5) is 45.5. The molecule has 0 saturated heterocycles. The number of carbonyl (C=O) groups is 3. The molecule has 2 aromatic heterocycles. The Morgan fingerprint density at radius 3 is 2.44 bits per heavy atom. The van der Waals surface area contributed by atoms with Gasteiger partial charge in [0.2, 0.25) is 5.95 Å². The van der Waals surface area contributed by atoms with Crippen LogP contribution in [0.25, 0.3) is 0 Å². The quantitative estimate of drug-likeness (QED) is 0.244. The average molecular weight is 516 g/mol. The Labute approximate surface area is 210 Å². The van der Waals surface area contributed by atoms with Crippen molar-refractivity contribution in [1.82, 2.24) is 20.6 Å². The van der Waals surface area contributed by atoms with Crippen molar-refractivity contribution in [2.24, 2.45) is 0 Å². The number of aromatic nitrogens is 2. The maximum Gasteiger partial charge on any atom is 0.328 e. The van der Waals surface area contributed by atoms with Crippen LogP contribution in [-0.4, -0.2) is 57.1 Å². The number of rotatable bonds is 11. The van der Waals surface area contributed by atoms with Crippen LogP contribution in [0, 0.1) is 19.7 Å². The Balaban J connectivity index is 1.57. The summed E-state index contributed by atoms with van der Waals surface area (Å²) < 4.78 is 13.9. The highest BCUT2D eigenvalue weighted by atomic mass is 32.1. The minimum absolute atomic E-state index is 0.137. The summed E-state index contributed by atoms with van der Waals surface area (Å²) in [5.74, 6) is -3.15. The summed E-state index contributed by atoms with van der Waals surface area (Å²) in [6, 6.07) is 6.43. The third kappa shape index (κ3) is 6.75. The summed E-state index contributed by atoms with van der Waals surface area (Å²) in [5, 5.41) is 28.6. The highest BCUT2D eigenvalue weighted by Gasteiger charge is 2.24. The second-order valence-corrected chi connectivity index (χ2v) is 8.87. The van der Waals surface area contributed by atoms with E-state index >= 15 is 0 Å². The van der Waals surface area contributed by atoms with Crippen LogP contribution >= 0.6 is 11.3 Å². The van der Waals surface area contributed by atoms with Gasteiger partial charge in [0.05, 0.1) is 21.8 Å². The third-order valence-electron chi connectivity index (χ3n) is 5.28. The van der Waals surface area contributed by atoms with Gasteiger partial charge < -0.3 is 26.2 Å². The molecule has 0 spiro atoms. The fourth-order valence-electron chi connectivity index (χ4n) is 3.48. The zero-order chi connectivity index (χ0) is 26.2. The monoisotopic (exact) mass is 515 g/mol. The Morgan fingerprint density at radius 2 is 1.81 bits per heavy atom. The number of thiophene rings is 1. The number of aliphatic carboxylic acids is 1. The third-order valence-corrected chi connectivity index (χ3v) is 6.15. The molecule has 3 rings (SSSR count). The summed E-state index contributed by atoms with van der Waals surface area (Å²) >= 11 is 1.22. The number of carboxylic acid groups (broad SMARTS) is 1. The Bertz CT molecular complexity index is 1230. The van der Waals surface area contributed by atoms with E-state index in [0.29, 0.717) is 41.2 Å². The molecule has 36 heavy (non-hydrogen) atoms. The molecule has 0 aliphatic heterocycles. The minimum Gasteiger partial charge on any atom is -0.505 e. The first-order valence-corrected chi connectivity index (χ1v) is 12.0. The fraction of sp³-hybridized carbons (Fsp3) is 0.292. The van der Waals surface area contributed by atoms with Gasteiger partial charge >= 0.3 is 5.97 Å². The van der Waals surface area contributed by atoms with Crippen molar-refractivity contribution in [3.05, 3.63) is 68.9 Å². The molecule has 0 radical (unpaired) electrons. The largest absolute Gasteiger partial charge is 0.505 e. The number of hydrogen-bond acceptors (Lipinski definition) is 8. The number of phenolic OH excluding ortho intramolecular Hbond substituents is 1. The number of nitrogens with zero attached hydrogens (tertiary/aromatic N) is 2. The number of benzene rings is 1. The van der Waals surface area contributed by atoms with Crippen LogP contribution in [0.4, 0.5) is 10.3 Å². The Kier molecular flexibility index (Phi) is 8.90. The lowest BCUT2D eigenvalue weighted by Gasteiger charge is -2.17. The van der Waals surface area contributed by atoms with Gasteiger partial charge in [-0.25, -0.2) is 19.2 Å². The topological polar surface area (TPSA) is 154 Å². The van der Waals surface area contributed by atoms with Crippen molar-refractivity contribution in [2.45, 2.75) is 32.7 Å². The second-order valence-electron chi connectivity index (χ2n) is 7.93. The molecule has 1 aromatic carbocycles. The highest BCUT2D eigenvalue weighted by Crippen LogP contribution is 2.20. The van der Waals surface area contributed by atoms with E-state index in [1.807, 2.05) is 0 Å². The van der Waals surface area contributed by atoms with Crippen LogP contribution in [0.3, 0.4) is 0 Å². The molecule has 3 aromatic rings. The number of phenols is 1. The van der Waals surface area contributed by atoms with Gasteiger partial charge in [0, 0.05) is 13.1 Å². The number of aryl methyl sites for hydroxylation is 3. The van der Waals surface area contributed by atoms with E-state index in [0.717, 1.165) is 0 Å². The molecular formula is C24H26FN5O5S. The van der Waals surface area contributed by atoms with Gasteiger partial charge in [-0.15, -0.1) is 11.3 Å². The van der Waals surface area contributed by atoms with Crippen molar-refractivity contribution in [1.29, 1.82) is 0 Å². The lowest BCUT2D eigenvalue weighted by molar-refractivity contribution is -0.139. The lowest BCUT2D eigenvalue weighted by atomic mass is 10.1. The molecular weight excluding hydrogens is 489 g/mol. The number of hydrogen-bond donors (Lipinski definition) is 5. The predicted molar refractivity (Wildman–Crippen MR) is 132 cm³/mol. The number of anilines is 1. The summed E-state index contributed by atoms with van der Waals surface area (Å²) in [6.45, 7) is 3.33. The van der Waals surface area contributed by atoms with Crippen LogP contribution in [0.1, 0.15) is 43.4 Å². The van der Waals surface area contributed by atoms with Crippen LogP contribution in [0.2, 0.25) is 0 Å². The van der Waals surface area contributed by atoms with E-state index in [9.17, 15) is 29.0 Å². The first-order chi connectivity index (χ1) is 17.2. The summed E-state index contributed by atoms with van der Waals surface area (Å²) in [7, 11) is 0. The first kappa shape index (κ1) is 26.5. The van der Waals surface area contributed by atoms with Crippen LogP contribution in [0.5, 0.6) is 5.75 Å². The van der Waals surface area contributed by atoms with Crippen LogP contribution < -0.4 is 16.0 Å². The predicted octanol–water partition coefficient (Wildman–Crippen LogP) is 2.66. The SMILES string of the molecule is Cc1nc(NCCCc2cccc(O)c2F)nc(C)c1C(=O)N[C@@H](CNC(=O)c1cccs1)C(=O)O. The van der Waals surface area contributed by atoms with Gasteiger partial charge in [0.15, 0.2) is 11.6 Å². The molecule has 0 aliphatic carbocycles. The molecule has 0 fully saturated rings. The number of halogens is 1. The van der Waals surface area contributed by atoms with Gasteiger partial charge in [0.25, 0.3) is 11.8 Å². The van der Waals surface area contributed by atoms with Crippen molar-refractivity contribution in [3.63, 3.8) is 0 Å². The number of aromatic hydroxyl groups is 1. The number of amides is 2. The molecule has 0 unspecified atom stereocenters. The number of nitrogens with one attached hydrogen (secondary N) is 3. The second kappa shape index (κ2) is 12.1. The minimum atomic E-state index is -1.35. The fourth-order valence-corrected chi connectivity index (χ4v) is 4.12. The highest BCUT2D eigenvalue weighted by molar-refractivity contribution is 7.12. The van der Waals surface area contributed by atoms with Gasteiger partial charge in [0.1, 0.15) is 6.04 Å². The van der Waals surface area contributed by atoms with E-state index in [-0.39, 0.29) is 23.8 Å². The normalized spacial score (nSPS) is 11.5. The van der Waals surface area contributed by atoms with Crippen molar-refractivity contribution >= 4 is 35.1 Å². The van der Waals surface area contributed by atoms with Gasteiger partial charge in [-0.2, -0.15) is 0 Å². The Hall–Kier alpha value is -4.06. The van der Waals surface area contributed by atoms with E-state index in [2.05, 4.69) is 25.9 Å². The van der Waals surface area contributed by atoms with Crippen molar-refractivity contribution < 1.29 is 29.0 Å². The lowest BCUT2D eigenvalue weighted by Crippen LogP contribution is -2.48. The van der Waals surface area contributed by atoms with E-state index in [1.54, 1.807) is 43.5 Å². The first-order valence-electron chi connectivity index (χ1n) is 11.1. The summed E-state index contributed by atoms with van der Waals surface area (Å²) in [5.41, 5.74) is 1.22. The van der Waals surface area contributed by atoms with Crippen LogP contribution in [0.15, 0.2) is 35.7 Å². The van der Waals surface area contributed by atoms with Crippen molar-refractivity contribution in [3.8, 4) is 5.75 Å². The summed E-state index contributed by atoms with van der Waals surface area (Å²) in [6.07, 6.45) is 0.937. The van der Waals surface area contributed by atoms with Crippen molar-refractivity contribution in [2.75, 3.05) is 18.4 Å². The van der Waals surface area contributed by atoms with Crippen LogP contribution in [-0.2, 0) is 11.2 Å². The van der Waals surface area contributed by atoms with E-state index in [1.165, 1.54) is 17.4 Å². The average Bonchev–Trinajstić information content (AvgIpc) is 3.36. The molecule has 1 atom stereocenters. The standard InChI is InChI=1S/C24H26FN5O5S/c1-13-19(22(33)30-16(23(34)35)12-27-21(32)18-9-5-11-36-18)14(2)29-24(28-13)26-10-4-7-15-6-3-8-17(31)20(15)25/h3,5-6,8-9,11,16,31H,4,7,10,12H2,1-2H3,(H,27,32)(H,30,33)(H,34,35)(H,26,28,29)/t16-/m0/s1.